The highest BCUT2D eigenvalue weighted by Gasteiger charge is 2.11. The molecule has 1 saturated heterocycles. The Bertz CT molecular complexity index is 438. The molecule has 5 heteroatoms. The first kappa shape index (κ1) is 12.8. The van der Waals surface area contributed by atoms with E-state index in [1.807, 2.05) is 6.92 Å². The van der Waals surface area contributed by atoms with Gasteiger partial charge in [0.05, 0.1) is 12.0 Å². The minimum absolute atomic E-state index is 0.0268. The van der Waals surface area contributed by atoms with E-state index in [4.69, 9.17) is 0 Å². The van der Waals surface area contributed by atoms with E-state index in [1.165, 1.54) is 25.9 Å². The van der Waals surface area contributed by atoms with E-state index < -0.39 is 0 Å². The van der Waals surface area contributed by atoms with Gasteiger partial charge in [-0.15, -0.1) is 0 Å². The molecule has 0 bridgehead atoms. The summed E-state index contributed by atoms with van der Waals surface area (Å²) in [6.45, 7) is 6.09. The van der Waals surface area contributed by atoms with Crippen LogP contribution in [0.3, 0.4) is 0 Å². The molecule has 94 valence electrons. The Morgan fingerprint density at radius 2 is 2.06 bits per heavy atom. The fourth-order valence-electron chi connectivity index (χ4n) is 2.18. The van der Waals surface area contributed by atoms with Gasteiger partial charge in [0.15, 0.2) is 0 Å². The molecule has 2 heterocycles. The van der Waals surface area contributed by atoms with E-state index in [2.05, 4.69) is 25.8 Å². The quantitative estimate of drug-likeness (QED) is 0.851. The lowest BCUT2D eigenvalue weighted by atomic mass is 10.3. The summed E-state index contributed by atoms with van der Waals surface area (Å²) >= 11 is 3.28. The molecule has 1 aliphatic rings. The third kappa shape index (κ3) is 3.16. The molecule has 1 aliphatic heterocycles. The number of aromatic nitrogens is 2. The molecule has 0 aromatic carbocycles. The Kier molecular flexibility index (Phi) is 4.34. The lowest BCUT2D eigenvalue weighted by molar-refractivity contribution is 0.324. The summed E-state index contributed by atoms with van der Waals surface area (Å²) in [7, 11) is 0. The molecule has 2 rings (SSSR count). The molecule has 1 aromatic heterocycles. The summed E-state index contributed by atoms with van der Waals surface area (Å²) in [5.74, 6) is 0. The van der Waals surface area contributed by atoms with Crippen molar-refractivity contribution in [3.8, 4) is 0 Å². The van der Waals surface area contributed by atoms with Gasteiger partial charge in [0, 0.05) is 6.54 Å². The molecule has 0 aliphatic carbocycles. The zero-order valence-electron chi connectivity index (χ0n) is 10.2. The van der Waals surface area contributed by atoms with Crippen LogP contribution in [0.1, 0.15) is 25.0 Å². The fourth-order valence-corrected chi connectivity index (χ4v) is 2.51. The summed E-state index contributed by atoms with van der Waals surface area (Å²) < 4.78 is 2.27. The van der Waals surface area contributed by atoms with Crippen LogP contribution >= 0.6 is 15.9 Å². The highest BCUT2D eigenvalue weighted by molar-refractivity contribution is 9.10. The van der Waals surface area contributed by atoms with Gasteiger partial charge in [-0.25, -0.2) is 4.98 Å². The number of aryl methyl sites for hydroxylation is 2. The van der Waals surface area contributed by atoms with Crippen molar-refractivity contribution in [1.29, 1.82) is 0 Å². The van der Waals surface area contributed by atoms with Gasteiger partial charge in [-0.1, -0.05) is 0 Å². The van der Waals surface area contributed by atoms with Gasteiger partial charge in [0.2, 0.25) is 0 Å². The van der Waals surface area contributed by atoms with Crippen molar-refractivity contribution in [2.45, 2.75) is 32.7 Å². The summed E-state index contributed by atoms with van der Waals surface area (Å²) in [6.07, 6.45) is 5.29. The standard InChI is InChI=1S/C12H18BrN3O/c1-10-11(13)12(17)16(9-14-10)8-4-7-15-5-2-3-6-15/h9H,2-8H2,1H3. The molecule has 17 heavy (non-hydrogen) atoms. The van der Waals surface area contributed by atoms with Gasteiger partial charge < -0.3 is 4.90 Å². The zero-order valence-corrected chi connectivity index (χ0v) is 11.7. The van der Waals surface area contributed by atoms with E-state index in [1.54, 1.807) is 10.9 Å². The molecule has 1 aromatic rings. The van der Waals surface area contributed by atoms with Crippen LogP contribution in [-0.2, 0) is 6.54 Å². The van der Waals surface area contributed by atoms with Gasteiger partial charge in [-0.05, 0) is 61.8 Å². The average Bonchev–Trinajstić information content (AvgIpc) is 2.82. The van der Waals surface area contributed by atoms with Gasteiger partial charge >= 0.3 is 0 Å². The Morgan fingerprint density at radius 1 is 1.35 bits per heavy atom. The molecular formula is C12H18BrN3O. The SMILES string of the molecule is Cc1ncn(CCCN2CCCC2)c(=O)c1Br. The zero-order chi connectivity index (χ0) is 12.3. The molecule has 0 unspecified atom stereocenters. The Labute approximate surface area is 110 Å². The van der Waals surface area contributed by atoms with E-state index >= 15 is 0 Å². The number of hydrogen-bond acceptors (Lipinski definition) is 3. The largest absolute Gasteiger partial charge is 0.303 e. The fraction of sp³-hybridized carbons (Fsp3) is 0.667. The van der Waals surface area contributed by atoms with Crippen molar-refractivity contribution >= 4 is 15.9 Å². The van der Waals surface area contributed by atoms with Crippen LogP contribution in [0, 0.1) is 6.92 Å². The maximum absolute atomic E-state index is 11.9. The van der Waals surface area contributed by atoms with Crippen molar-refractivity contribution < 1.29 is 0 Å². The van der Waals surface area contributed by atoms with E-state index in [-0.39, 0.29) is 5.56 Å². The smallest absolute Gasteiger partial charge is 0.267 e. The van der Waals surface area contributed by atoms with Crippen molar-refractivity contribution in [2.75, 3.05) is 19.6 Å². The van der Waals surface area contributed by atoms with E-state index in [0.29, 0.717) is 4.47 Å². The number of rotatable bonds is 4. The van der Waals surface area contributed by atoms with Crippen molar-refractivity contribution in [3.05, 3.63) is 26.8 Å². The molecule has 1 fully saturated rings. The van der Waals surface area contributed by atoms with Gasteiger partial charge in [-0.3, -0.25) is 9.36 Å². The minimum atomic E-state index is 0.0268. The lowest BCUT2D eigenvalue weighted by Crippen LogP contribution is -2.26. The maximum atomic E-state index is 11.9. The molecule has 0 N–H and O–H groups in total. The normalized spacial score (nSPS) is 16.6. The molecular weight excluding hydrogens is 282 g/mol. The second-order valence-electron chi connectivity index (χ2n) is 4.54. The van der Waals surface area contributed by atoms with Crippen LogP contribution in [0.2, 0.25) is 0 Å². The topological polar surface area (TPSA) is 38.1 Å². The van der Waals surface area contributed by atoms with Gasteiger partial charge in [0.1, 0.15) is 4.47 Å². The third-order valence-corrected chi connectivity index (χ3v) is 4.14. The van der Waals surface area contributed by atoms with Crippen LogP contribution < -0.4 is 5.56 Å². The van der Waals surface area contributed by atoms with E-state index in [0.717, 1.165) is 25.2 Å². The Balaban J connectivity index is 1.90. The van der Waals surface area contributed by atoms with Crippen LogP contribution in [-0.4, -0.2) is 34.1 Å². The summed E-state index contributed by atoms with van der Waals surface area (Å²) in [6, 6.07) is 0. The van der Waals surface area contributed by atoms with Crippen molar-refractivity contribution in [3.63, 3.8) is 0 Å². The monoisotopic (exact) mass is 299 g/mol. The van der Waals surface area contributed by atoms with Crippen LogP contribution in [0.4, 0.5) is 0 Å². The van der Waals surface area contributed by atoms with Crippen LogP contribution in [0.25, 0.3) is 0 Å². The Morgan fingerprint density at radius 3 is 2.76 bits per heavy atom. The van der Waals surface area contributed by atoms with Crippen LogP contribution in [0.5, 0.6) is 0 Å². The lowest BCUT2D eigenvalue weighted by Gasteiger charge is -2.14. The number of halogens is 1. The summed E-state index contributed by atoms with van der Waals surface area (Å²) in [4.78, 5) is 18.5. The molecule has 0 saturated carbocycles. The second-order valence-corrected chi connectivity index (χ2v) is 5.34. The number of likely N-dealkylation sites (tertiary alicyclic amines) is 1. The Hall–Kier alpha value is -0.680. The predicted molar refractivity (Wildman–Crippen MR) is 71.2 cm³/mol. The first-order valence-corrected chi connectivity index (χ1v) is 6.91. The first-order valence-electron chi connectivity index (χ1n) is 6.12. The van der Waals surface area contributed by atoms with Crippen molar-refractivity contribution in [2.24, 2.45) is 0 Å². The first-order chi connectivity index (χ1) is 8.18. The summed E-state index contributed by atoms with van der Waals surface area (Å²) in [5, 5.41) is 0. The van der Waals surface area contributed by atoms with Gasteiger partial charge in [0.25, 0.3) is 5.56 Å². The highest BCUT2D eigenvalue weighted by Crippen LogP contribution is 2.09. The molecule has 4 nitrogen and oxygen atoms in total. The predicted octanol–water partition coefficient (Wildman–Crippen LogP) is 1.80. The maximum Gasteiger partial charge on any atom is 0.267 e. The molecule has 0 spiro atoms. The molecule has 0 atom stereocenters. The van der Waals surface area contributed by atoms with Crippen LogP contribution in [0.15, 0.2) is 15.6 Å². The third-order valence-electron chi connectivity index (χ3n) is 3.23. The number of nitrogens with zero attached hydrogens (tertiary/aromatic N) is 3. The second kappa shape index (κ2) is 5.78. The molecule has 0 amide bonds. The van der Waals surface area contributed by atoms with Crippen molar-refractivity contribution in [1.82, 2.24) is 14.5 Å². The van der Waals surface area contributed by atoms with E-state index in [9.17, 15) is 4.79 Å². The average molecular weight is 300 g/mol. The molecule has 0 radical (unpaired) electrons. The van der Waals surface area contributed by atoms with Gasteiger partial charge in [-0.2, -0.15) is 0 Å². The highest BCUT2D eigenvalue weighted by atomic mass is 79.9. The number of hydrogen-bond donors (Lipinski definition) is 0. The minimum Gasteiger partial charge on any atom is -0.303 e. The summed E-state index contributed by atoms with van der Waals surface area (Å²) in [5.41, 5.74) is 0.782.